The van der Waals surface area contributed by atoms with Crippen LogP contribution >= 0.6 is 0 Å². The molecule has 1 N–H and O–H groups in total. The Morgan fingerprint density at radius 2 is 0.414 bits per heavy atom. The second-order valence-electron chi connectivity index (χ2n) is 34.3. The average Bonchev–Trinajstić information content (AvgIpc) is 3.02. The maximum atomic E-state index is 4.41. The zero-order chi connectivity index (χ0) is 56.8. The minimum absolute atomic E-state index is 0.0190. The molecule has 0 bridgehead atoms. The molecule has 0 amide bonds. The Kier molecular flexibility index (Phi) is 20.3. The topological polar surface area (TPSA) is 4.44 Å². The maximum Gasteiger partial charge on any atom is 0.268 e. The smallest absolute Gasteiger partial charge is 0.268 e. The summed E-state index contributed by atoms with van der Waals surface area (Å²) in [6.45, 7) is 88.7. The van der Waals surface area contributed by atoms with Crippen LogP contribution in [0.1, 0.15) is 249 Å². The third-order valence-electron chi connectivity index (χ3n) is 16.8. The minimum Gasteiger partial charge on any atom is -0.307 e. The Hall–Kier alpha value is -1.65. The molecule has 6 heteroatoms. The molecule has 0 aliphatic carbocycles. The highest BCUT2D eigenvalue weighted by molar-refractivity contribution is 7.11. The van der Waals surface area contributed by atoms with E-state index in [4.69, 9.17) is 0 Å². The molecule has 1 aromatic carbocycles. The molecule has 1 aromatic rings. The minimum atomic E-state index is -2.58. The summed E-state index contributed by atoms with van der Waals surface area (Å²) in [6, 6.07) is 10.4. The lowest BCUT2D eigenvalue weighted by atomic mass is 9.28. The van der Waals surface area contributed by atoms with E-state index >= 15 is 0 Å². The normalized spacial score (nSPS) is 15.0. The summed E-state index contributed by atoms with van der Waals surface area (Å²) in [5.74, 6) is 17.2. The monoisotopic (exact) mass is 1030 g/mol. The van der Waals surface area contributed by atoms with Crippen LogP contribution in [0.25, 0.3) is 0 Å². The van der Waals surface area contributed by atoms with Crippen LogP contribution in [0.3, 0.4) is 0 Å². The van der Waals surface area contributed by atoms with Gasteiger partial charge in [0.1, 0.15) is 38.0 Å². The van der Waals surface area contributed by atoms with Gasteiger partial charge in [-0.1, -0.05) is 267 Å². The van der Waals surface area contributed by atoms with Crippen LogP contribution in [0.5, 0.6) is 0 Å². The molecule has 0 fully saturated rings. The number of para-hydroxylation sites is 1. The van der Waals surface area contributed by atoms with Crippen molar-refractivity contribution in [3.63, 3.8) is 0 Å². The van der Waals surface area contributed by atoms with Crippen molar-refractivity contribution in [1.82, 2.24) is 0 Å². The second kappa shape index (κ2) is 20.8. The second-order valence-corrected chi connectivity index (χ2v) is 59.3. The number of hydrogen-bond acceptors (Lipinski definition) is 0. The van der Waals surface area contributed by atoms with E-state index in [1.54, 1.807) is 0 Å². The Balaban J connectivity index is 0.00000470. The molecule has 0 aliphatic heterocycles. The van der Waals surface area contributed by atoms with E-state index in [9.17, 15) is 0 Å². The van der Waals surface area contributed by atoms with Gasteiger partial charge in [-0.15, -0.1) is 0 Å². The summed E-state index contributed by atoms with van der Waals surface area (Å²) in [5.41, 5.74) is 19.0. The highest BCUT2D eigenvalue weighted by Gasteiger charge is 2.63. The predicted molar refractivity (Wildman–Crippen MR) is 335 cm³/mol. The molecule has 70 heavy (non-hydrogen) atoms. The van der Waals surface area contributed by atoms with Crippen molar-refractivity contribution >= 4 is 44.1 Å². The van der Waals surface area contributed by atoms with Crippen LogP contribution < -0.4 is 4.90 Å². The summed E-state index contributed by atoms with van der Waals surface area (Å²) < 4.78 is 0. The van der Waals surface area contributed by atoms with Crippen LogP contribution in [0.2, 0.25) is 60.5 Å². The maximum absolute atomic E-state index is 4.41. The van der Waals surface area contributed by atoms with Crippen molar-refractivity contribution in [2.45, 2.75) is 310 Å². The summed E-state index contributed by atoms with van der Waals surface area (Å²) in [6.07, 6.45) is -2.21. The van der Waals surface area contributed by atoms with Gasteiger partial charge in [-0.05, 0) is 72.6 Å². The van der Waals surface area contributed by atoms with E-state index in [0.717, 1.165) is 0 Å². The van der Waals surface area contributed by atoms with Crippen molar-refractivity contribution in [2.75, 3.05) is 14.1 Å². The number of benzene rings is 1. The van der Waals surface area contributed by atoms with E-state index in [2.05, 4.69) is 333 Å². The molecule has 1 nitrogen and oxygen atoms in total. The van der Waals surface area contributed by atoms with Gasteiger partial charge in [0.2, 0.25) is 0 Å². The zero-order valence-corrected chi connectivity index (χ0v) is 58.5. The molecule has 0 saturated heterocycles. The number of rotatable bonds is 1. The van der Waals surface area contributed by atoms with Crippen molar-refractivity contribution in [3.05, 3.63) is 30.3 Å². The third-order valence-corrected chi connectivity index (χ3v) is 45.8. The molecule has 0 aliphatic rings. The van der Waals surface area contributed by atoms with Gasteiger partial charge in [0.25, 0.3) is 6.15 Å². The van der Waals surface area contributed by atoms with Gasteiger partial charge in [-0.25, -0.2) is 0 Å². The molecule has 400 valence electrons. The van der Waals surface area contributed by atoms with E-state index < -0.39 is 38.4 Å². The van der Waals surface area contributed by atoms with Gasteiger partial charge in [0.15, 0.2) is 0 Å². The van der Waals surface area contributed by atoms with Gasteiger partial charge < -0.3 is 4.90 Å². The molecule has 0 spiro atoms. The number of quaternary nitrogens is 1. The Morgan fingerprint density at radius 3 is 0.514 bits per heavy atom. The Bertz CT molecular complexity index is 1740. The van der Waals surface area contributed by atoms with Gasteiger partial charge in [-0.2, -0.15) is 22.2 Å². The molecule has 0 radical (unpaired) electrons. The summed E-state index contributed by atoms with van der Waals surface area (Å²) in [5, 5.41) is -0.228. The Labute approximate surface area is 446 Å². The largest absolute Gasteiger partial charge is 0.307 e. The first-order chi connectivity index (χ1) is 30.1. The molecular formula is C64H120BNSi4. The number of hydrogen-bond donors (Lipinski definition) is 1. The fourth-order valence-electron chi connectivity index (χ4n) is 17.6. The van der Waals surface area contributed by atoms with Crippen LogP contribution in [0, 0.1) is 45.5 Å². The van der Waals surface area contributed by atoms with E-state index in [0.29, 0.717) is 0 Å². The highest BCUT2D eigenvalue weighted by Crippen LogP contribution is 2.65. The average molecular weight is 1030 g/mol. The van der Waals surface area contributed by atoms with Crippen LogP contribution in [-0.2, 0) is 0 Å². The molecule has 0 aromatic heterocycles. The molecular weight excluding hydrogens is 906 g/mol. The summed E-state index contributed by atoms with van der Waals surface area (Å²) in [4.78, 5) is 1.37. The van der Waals surface area contributed by atoms with Crippen LogP contribution in [-0.4, -0.2) is 52.5 Å². The lowest BCUT2D eigenvalue weighted by Crippen LogP contribution is -3.00. The molecule has 0 heterocycles. The van der Waals surface area contributed by atoms with E-state index in [-0.39, 0.29) is 60.5 Å². The summed E-state index contributed by atoms with van der Waals surface area (Å²) >= 11 is 0. The lowest BCUT2D eigenvalue weighted by Gasteiger charge is -2.57. The predicted octanol–water partition coefficient (Wildman–Crippen LogP) is 19.6. The lowest BCUT2D eigenvalue weighted by molar-refractivity contribution is -0.786. The van der Waals surface area contributed by atoms with Gasteiger partial charge in [0.05, 0.1) is 14.1 Å². The van der Waals surface area contributed by atoms with Gasteiger partial charge in [-0.3, -0.25) is 23.3 Å². The Morgan fingerprint density at radius 1 is 0.271 bits per heavy atom. The van der Waals surface area contributed by atoms with Crippen LogP contribution in [0.4, 0.5) is 5.69 Å². The fourth-order valence-corrected chi connectivity index (χ4v) is 50.8. The SMILES string of the molecule is CC(C)(C)[Si](C#C[B-](C#C[Si](C(C)(C)C)(C(C)(C)C)C(C)(C)C)(C#C[Si](C(C)(C)C)(C(C)(C)C)C(C)(C)C)C#C[Si](C(C)(C)C)(C(C)(C)C)C(C)(C)C)(C(C)(C)C)C(C)(C)C.C[NH+](C)c1ccccc1. The first kappa shape index (κ1) is 68.4. The van der Waals surface area contributed by atoms with Crippen molar-refractivity contribution in [3.8, 4) is 45.5 Å². The zero-order valence-electron chi connectivity index (χ0n) is 54.5. The number of nitrogens with one attached hydrogen (secondary N) is 1. The highest BCUT2D eigenvalue weighted by atomic mass is 28.3. The molecule has 1 rings (SSSR count). The van der Waals surface area contributed by atoms with Crippen molar-refractivity contribution in [1.29, 1.82) is 0 Å². The molecule has 0 atom stereocenters. The summed E-state index contributed by atoms with van der Waals surface area (Å²) in [7, 11) is -6.08. The van der Waals surface area contributed by atoms with Gasteiger partial charge >= 0.3 is 0 Å². The molecule has 0 saturated carbocycles. The van der Waals surface area contributed by atoms with Crippen molar-refractivity contribution in [2.24, 2.45) is 0 Å². The standard InChI is InChI=1S/C56H108BSi4.C8H11N/c1-45(2,3)58(46(4,5)6,47(7,8)9)41-37-57(38-42-59(48(10,11)12,49(13,14)15)50(16,17)18,39-43-60(51(19,20)21,52(22,23)24)53(25,26)27)40-44-61(54(28,29)30,55(31,32)33)56(34,35)36;1-9(2)8-6-4-3-5-7-8/h1-36H3;3-7H,1-2H3/q-1;/p+1. The van der Waals surface area contributed by atoms with E-state index in [1.807, 2.05) is 6.07 Å². The van der Waals surface area contributed by atoms with E-state index in [1.165, 1.54) is 10.6 Å². The van der Waals surface area contributed by atoms with Crippen molar-refractivity contribution < 1.29 is 4.90 Å². The fraction of sp³-hybridized carbons (Fsp3) is 0.781. The molecule has 0 unspecified atom stereocenters. The first-order valence-electron chi connectivity index (χ1n) is 27.3. The first-order valence-corrected chi connectivity index (χ1v) is 35.3. The third kappa shape index (κ3) is 13.2. The van der Waals surface area contributed by atoms with Crippen LogP contribution in [0.15, 0.2) is 30.3 Å². The quantitative estimate of drug-likeness (QED) is 0.211. The van der Waals surface area contributed by atoms with Gasteiger partial charge in [0, 0.05) is 0 Å².